The summed E-state index contributed by atoms with van der Waals surface area (Å²) in [5, 5.41) is 2.28. The Morgan fingerprint density at radius 3 is 2.77 bits per heavy atom. The van der Waals surface area contributed by atoms with E-state index < -0.39 is 27.8 Å². The van der Waals surface area contributed by atoms with Gasteiger partial charge in [-0.2, -0.15) is 0 Å². The zero-order chi connectivity index (χ0) is 18.9. The fraction of sp³-hybridized carbons (Fsp3) is 0.278. The van der Waals surface area contributed by atoms with Crippen molar-refractivity contribution in [1.29, 1.82) is 0 Å². The molecule has 0 bridgehead atoms. The van der Waals surface area contributed by atoms with E-state index in [-0.39, 0.29) is 17.2 Å². The lowest BCUT2D eigenvalue weighted by molar-refractivity contribution is -0.114. The van der Waals surface area contributed by atoms with Crippen molar-refractivity contribution in [2.24, 2.45) is 0 Å². The van der Waals surface area contributed by atoms with Gasteiger partial charge in [0.25, 0.3) is 0 Å². The van der Waals surface area contributed by atoms with E-state index in [0.29, 0.717) is 6.42 Å². The SMILES string of the molecule is CC(=O)Nc1cc(S(=O)(=O)NC2COc3c(C)cccc3C2)ccc1F. The van der Waals surface area contributed by atoms with E-state index in [4.69, 9.17) is 4.74 Å². The maximum absolute atomic E-state index is 13.7. The molecule has 2 N–H and O–H groups in total. The Bertz CT molecular complexity index is 960. The molecule has 0 aromatic heterocycles. The number of hydrogen-bond donors (Lipinski definition) is 2. The normalized spacial score (nSPS) is 16.5. The molecule has 0 fully saturated rings. The third-order valence-electron chi connectivity index (χ3n) is 4.07. The second kappa shape index (κ2) is 7.05. The number of para-hydroxylation sites is 1. The number of sulfonamides is 1. The van der Waals surface area contributed by atoms with Gasteiger partial charge in [0.05, 0.1) is 16.6 Å². The van der Waals surface area contributed by atoms with Crippen LogP contribution in [0, 0.1) is 12.7 Å². The van der Waals surface area contributed by atoms with Gasteiger partial charge in [0.2, 0.25) is 15.9 Å². The molecule has 0 saturated carbocycles. The summed E-state index contributed by atoms with van der Waals surface area (Å²) in [5.41, 5.74) is 1.76. The summed E-state index contributed by atoms with van der Waals surface area (Å²) < 4.78 is 47.3. The van der Waals surface area contributed by atoms with Crippen LogP contribution in [-0.2, 0) is 21.2 Å². The first-order valence-corrected chi connectivity index (χ1v) is 9.55. The molecule has 1 unspecified atom stereocenters. The summed E-state index contributed by atoms with van der Waals surface area (Å²) in [6, 6.07) is 8.56. The van der Waals surface area contributed by atoms with Gasteiger partial charge >= 0.3 is 0 Å². The van der Waals surface area contributed by atoms with Crippen molar-refractivity contribution in [1.82, 2.24) is 4.72 Å². The Hall–Kier alpha value is -2.45. The van der Waals surface area contributed by atoms with Gasteiger partial charge in [-0.25, -0.2) is 17.5 Å². The number of amides is 1. The average molecular weight is 378 g/mol. The molecule has 0 aliphatic carbocycles. The van der Waals surface area contributed by atoms with Crippen LogP contribution in [0.15, 0.2) is 41.3 Å². The molecule has 138 valence electrons. The van der Waals surface area contributed by atoms with Gasteiger partial charge < -0.3 is 10.1 Å². The lowest BCUT2D eigenvalue weighted by Crippen LogP contribution is -2.42. The number of hydrogen-bond acceptors (Lipinski definition) is 4. The molecule has 0 saturated heterocycles. The second-order valence-corrected chi connectivity index (χ2v) is 7.93. The highest BCUT2D eigenvalue weighted by Crippen LogP contribution is 2.29. The molecule has 1 aliphatic rings. The number of halogens is 1. The Labute approximate surface area is 151 Å². The third kappa shape index (κ3) is 3.86. The first-order chi connectivity index (χ1) is 12.3. The van der Waals surface area contributed by atoms with Gasteiger partial charge in [0.15, 0.2) is 0 Å². The van der Waals surface area contributed by atoms with Crippen LogP contribution < -0.4 is 14.8 Å². The van der Waals surface area contributed by atoms with E-state index in [9.17, 15) is 17.6 Å². The smallest absolute Gasteiger partial charge is 0.241 e. The summed E-state index contributed by atoms with van der Waals surface area (Å²) in [5.74, 6) is -0.402. The zero-order valence-corrected chi connectivity index (χ0v) is 15.2. The number of ether oxygens (including phenoxy) is 1. The molecule has 1 amide bonds. The van der Waals surface area contributed by atoms with Gasteiger partial charge in [0, 0.05) is 6.92 Å². The van der Waals surface area contributed by atoms with Gasteiger partial charge in [-0.15, -0.1) is 0 Å². The largest absolute Gasteiger partial charge is 0.491 e. The quantitative estimate of drug-likeness (QED) is 0.856. The van der Waals surface area contributed by atoms with Crippen LogP contribution in [0.4, 0.5) is 10.1 Å². The van der Waals surface area contributed by atoms with E-state index >= 15 is 0 Å². The summed E-state index contributed by atoms with van der Waals surface area (Å²) >= 11 is 0. The fourth-order valence-corrected chi connectivity index (χ4v) is 4.16. The van der Waals surface area contributed by atoms with Crippen molar-refractivity contribution in [3.63, 3.8) is 0 Å². The summed E-state index contributed by atoms with van der Waals surface area (Å²) in [4.78, 5) is 11.0. The van der Waals surface area contributed by atoms with Gasteiger partial charge in [-0.3, -0.25) is 4.79 Å². The minimum absolute atomic E-state index is 0.127. The minimum Gasteiger partial charge on any atom is -0.491 e. The molecule has 1 aliphatic heterocycles. The zero-order valence-electron chi connectivity index (χ0n) is 14.4. The standard InChI is InChI=1S/C18H19FN2O4S/c1-11-4-3-5-13-8-14(10-25-18(11)13)21-26(23,24)15-6-7-16(19)17(9-15)20-12(2)22/h3-7,9,14,21H,8,10H2,1-2H3,(H,20,22). The molecule has 2 aromatic carbocycles. The minimum atomic E-state index is -3.90. The Morgan fingerprint density at radius 1 is 1.27 bits per heavy atom. The van der Waals surface area contributed by atoms with Crippen molar-refractivity contribution >= 4 is 21.6 Å². The summed E-state index contributed by atoms with van der Waals surface area (Å²) in [7, 11) is -3.90. The van der Waals surface area contributed by atoms with Crippen molar-refractivity contribution in [3.8, 4) is 5.75 Å². The Balaban J connectivity index is 1.81. The highest BCUT2D eigenvalue weighted by molar-refractivity contribution is 7.89. The molecule has 3 rings (SSSR count). The topological polar surface area (TPSA) is 84.5 Å². The number of aryl methyl sites for hydroxylation is 1. The van der Waals surface area contributed by atoms with Gasteiger partial charge in [-0.05, 0) is 42.7 Å². The van der Waals surface area contributed by atoms with Crippen LogP contribution >= 0.6 is 0 Å². The Kier molecular flexibility index (Phi) is 4.97. The number of nitrogens with one attached hydrogen (secondary N) is 2. The van der Waals surface area contributed by atoms with Crippen LogP contribution in [0.1, 0.15) is 18.1 Å². The van der Waals surface area contributed by atoms with Crippen LogP contribution in [0.5, 0.6) is 5.75 Å². The average Bonchev–Trinajstić information content (AvgIpc) is 2.56. The molecule has 8 heteroatoms. The van der Waals surface area contributed by atoms with E-state index in [0.717, 1.165) is 35.1 Å². The summed E-state index contributed by atoms with van der Waals surface area (Å²) in [6.45, 7) is 3.36. The lowest BCUT2D eigenvalue weighted by atomic mass is 10.0. The number of fused-ring (bicyclic) bond motifs is 1. The molecular formula is C18H19FN2O4S. The maximum Gasteiger partial charge on any atom is 0.241 e. The molecule has 26 heavy (non-hydrogen) atoms. The Morgan fingerprint density at radius 2 is 2.04 bits per heavy atom. The maximum atomic E-state index is 13.7. The number of carbonyl (C=O) groups is 1. The van der Waals surface area contributed by atoms with Crippen molar-refractivity contribution in [3.05, 3.63) is 53.3 Å². The predicted molar refractivity (Wildman–Crippen MR) is 95.2 cm³/mol. The monoisotopic (exact) mass is 378 g/mol. The fourth-order valence-electron chi connectivity index (χ4n) is 2.91. The van der Waals surface area contributed by atoms with Crippen LogP contribution in [-0.4, -0.2) is 27.0 Å². The first kappa shape index (κ1) is 18.3. The van der Waals surface area contributed by atoms with E-state index in [1.54, 1.807) is 0 Å². The van der Waals surface area contributed by atoms with Crippen LogP contribution in [0.25, 0.3) is 0 Å². The first-order valence-electron chi connectivity index (χ1n) is 8.07. The molecule has 6 nitrogen and oxygen atoms in total. The molecule has 1 heterocycles. The predicted octanol–water partition coefficient (Wildman–Crippen LogP) is 2.37. The summed E-state index contributed by atoms with van der Waals surface area (Å²) in [6.07, 6.45) is 0.496. The third-order valence-corrected chi connectivity index (χ3v) is 5.59. The molecule has 0 spiro atoms. The highest BCUT2D eigenvalue weighted by atomic mass is 32.2. The van der Waals surface area contributed by atoms with E-state index in [1.807, 2.05) is 25.1 Å². The number of carbonyl (C=O) groups excluding carboxylic acids is 1. The lowest BCUT2D eigenvalue weighted by Gasteiger charge is -2.27. The van der Waals surface area contributed by atoms with Crippen molar-refractivity contribution in [2.45, 2.75) is 31.2 Å². The van der Waals surface area contributed by atoms with Crippen molar-refractivity contribution < 1.29 is 22.3 Å². The number of rotatable bonds is 4. The molecule has 2 aromatic rings. The van der Waals surface area contributed by atoms with Crippen molar-refractivity contribution in [2.75, 3.05) is 11.9 Å². The molecule has 1 atom stereocenters. The van der Waals surface area contributed by atoms with Crippen LogP contribution in [0.3, 0.4) is 0 Å². The van der Waals surface area contributed by atoms with Crippen LogP contribution in [0.2, 0.25) is 0 Å². The molecule has 0 radical (unpaired) electrons. The van der Waals surface area contributed by atoms with Gasteiger partial charge in [-0.1, -0.05) is 18.2 Å². The van der Waals surface area contributed by atoms with E-state index in [2.05, 4.69) is 10.0 Å². The second-order valence-electron chi connectivity index (χ2n) is 6.22. The molecular weight excluding hydrogens is 359 g/mol. The highest BCUT2D eigenvalue weighted by Gasteiger charge is 2.26. The number of anilines is 1. The van der Waals surface area contributed by atoms with Gasteiger partial charge in [0.1, 0.15) is 18.2 Å². The number of benzene rings is 2. The van der Waals surface area contributed by atoms with E-state index in [1.165, 1.54) is 6.92 Å².